The number of hydrogen-bond donors (Lipinski definition) is 1. The van der Waals surface area contributed by atoms with Gasteiger partial charge in [0.15, 0.2) is 18.1 Å². The van der Waals surface area contributed by atoms with Gasteiger partial charge >= 0.3 is 0 Å². The highest BCUT2D eigenvalue weighted by Crippen LogP contribution is 2.34. The molecule has 9 nitrogen and oxygen atoms in total. The van der Waals surface area contributed by atoms with Crippen molar-refractivity contribution in [3.05, 3.63) is 75.7 Å². The highest BCUT2D eigenvalue weighted by Gasteiger charge is 2.31. The first-order valence-electron chi connectivity index (χ1n) is 9.53. The Balaban J connectivity index is 1.67. The summed E-state index contributed by atoms with van der Waals surface area (Å²) in [7, 11) is 1.46. The van der Waals surface area contributed by atoms with Crippen LogP contribution in [0.2, 0.25) is 0 Å². The number of carbonyl (C=O) groups is 2. The molecule has 0 atom stereocenters. The van der Waals surface area contributed by atoms with Crippen molar-refractivity contribution in [3.8, 4) is 11.5 Å². The molecule has 1 aliphatic rings. The number of thioether (sulfide) groups is 1. The van der Waals surface area contributed by atoms with E-state index in [0.29, 0.717) is 32.8 Å². The number of nitrogens with zero attached hydrogens (tertiary/aromatic N) is 2. The maximum atomic E-state index is 12.5. The number of hydrogen-bond acceptors (Lipinski definition) is 8. The van der Waals surface area contributed by atoms with Crippen molar-refractivity contribution in [3.63, 3.8) is 0 Å². The van der Waals surface area contributed by atoms with Crippen molar-refractivity contribution in [2.24, 2.45) is 0 Å². The maximum absolute atomic E-state index is 12.5. The van der Waals surface area contributed by atoms with Gasteiger partial charge < -0.3 is 14.8 Å². The van der Waals surface area contributed by atoms with Crippen molar-refractivity contribution in [2.75, 3.05) is 25.6 Å². The third-order valence-corrected chi connectivity index (χ3v) is 5.75. The first-order valence-corrected chi connectivity index (χ1v) is 10.8. The van der Waals surface area contributed by atoms with Crippen molar-refractivity contribution in [1.29, 1.82) is 0 Å². The Morgan fingerprint density at radius 2 is 2.09 bits per heavy atom. The Morgan fingerprint density at radius 1 is 1.30 bits per heavy atom. The summed E-state index contributed by atoms with van der Waals surface area (Å²) in [6.07, 6.45) is 3.31. The smallest absolute Gasteiger partial charge is 0.271 e. The quantitative estimate of drug-likeness (QED) is 0.186. The summed E-state index contributed by atoms with van der Waals surface area (Å²) in [4.78, 5) is 36.9. The van der Waals surface area contributed by atoms with Gasteiger partial charge in [-0.1, -0.05) is 42.2 Å². The average Bonchev–Trinajstić information content (AvgIpc) is 3.05. The van der Waals surface area contributed by atoms with Crippen LogP contribution in [0, 0.1) is 10.1 Å². The lowest BCUT2D eigenvalue weighted by atomic mass is 10.2. The molecule has 3 rings (SSSR count). The Kier molecular flexibility index (Phi) is 7.80. The number of carbonyl (C=O) groups excluding carboxylic acids is 2. The number of anilines is 1. The van der Waals surface area contributed by atoms with E-state index in [1.165, 1.54) is 48.0 Å². The minimum atomic E-state index is -0.546. The Morgan fingerprint density at radius 3 is 2.79 bits per heavy atom. The Labute approximate surface area is 199 Å². The van der Waals surface area contributed by atoms with Crippen LogP contribution in [0.15, 0.2) is 60.0 Å². The van der Waals surface area contributed by atoms with Gasteiger partial charge in [0.05, 0.1) is 16.9 Å². The van der Waals surface area contributed by atoms with Crippen LogP contribution in [0.25, 0.3) is 6.08 Å². The maximum Gasteiger partial charge on any atom is 0.271 e. The fourth-order valence-corrected chi connectivity index (χ4v) is 4.14. The van der Waals surface area contributed by atoms with E-state index in [-0.39, 0.29) is 23.9 Å². The number of non-ortho nitro benzene ring substituents is 1. The zero-order chi connectivity index (χ0) is 24.0. The van der Waals surface area contributed by atoms with E-state index in [1.807, 2.05) is 0 Å². The van der Waals surface area contributed by atoms with Crippen LogP contribution in [-0.2, 0) is 9.59 Å². The number of nitro benzene ring substituents is 1. The molecular formula is C22H19N3O6S2. The standard InChI is InChI=1S/C22H19N3O6S2/c1-3-9-24-21(27)19(33-22(24)32)11-14-7-8-17(18(10-14)30-2)31-13-20(26)23-15-5-4-6-16(12-15)25(28)29/h3-8,10-12H,1,9,13H2,2H3,(H,23,26). The molecule has 0 radical (unpaired) electrons. The van der Waals surface area contributed by atoms with E-state index in [0.717, 1.165) is 0 Å². The summed E-state index contributed by atoms with van der Waals surface area (Å²) < 4.78 is 11.4. The highest BCUT2D eigenvalue weighted by atomic mass is 32.2. The lowest BCUT2D eigenvalue weighted by Gasteiger charge is -2.12. The number of rotatable bonds is 9. The van der Waals surface area contributed by atoms with E-state index in [2.05, 4.69) is 11.9 Å². The van der Waals surface area contributed by atoms with Crippen molar-refractivity contribution in [1.82, 2.24) is 4.90 Å². The van der Waals surface area contributed by atoms with E-state index in [4.69, 9.17) is 21.7 Å². The van der Waals surface area contributed by atoms with Crippen LogP contribution in [0.5, 0.6) is 11.5 Å². The molecule has 0 unspecified atom stereocenters. The fraction of sp³-hybridized carbons (Fsp3) is 0.136. The van der Waals surface area contributed by atoms with E-state index < -0.39 is 10.8 Å². The second-order valence-electron chi connectivity index (χ2n) is 6.64. The summed E-state index contributed by atoms with van der Waals surface area (Å²) in [5.41, 5.74) is 0.848. The predicted octanol–water partition coefficient (Wildman–Crippen LogP) is 4.01. The molecule has 33 heavy (non-hydrogen) atoms. The van der Waals surface area contributed by atoms with Gasteiger partial charge in [-0.05, 0) is 29.8 Å². The van der Waals surface area contributed by atoms with Crippen LogP contribution in [0.4, 0.5) is 11.4 Å². The van der Waals surface area contributed by atoms with Gasteiger partial charge in [-0.3, -0.25) is 24.6 Å². The van der Waals surface area contributed by atoms with Gasteiger partial charge in [-0.15, -0.1) is 6.58 Å². The monoisotopic (exact) mass is 485 g/mol. The molecular weight excluding hydrogens is 466 g/mol. The zero-order valence-electron chi connectivity index (χ0n) is 17.5. The summed E-state index contributed by atoms with van der Waals surface area (Å²) >= 11 is 6.44. The third-order valence-electron chi connectivity index (χ3n) is 4.37. The van der Waals surface area contributed by atoms with Crippen LogP contribution in [-0.4, -0.2) is 46.2 Å². The molecule has 170 valence electrons. The molecule has 1 aliphatic heterocycles. The number of amides is 2. The lowest BCUT2D eigenvalue weighted by molar-refractivity contribution is -0.384. The van der Waals surface area contributed by atoms with E-state index in [9.17, 15) is 19.7 Å². The SMILES string of the molecule is C=CCN1C(=O)C(=Cc2ccc(OCC(=O)Nc3cccc([N+](=O)[O-])c3)c(OC)c2)SC1=S. The predicted molar refractivity (Wildman–Crippen MR) is 130 cm³/mol. The number of nitro groups is 1. The Hall–Kier alpha value is -3.70. The van der Waals surface area contributed by atoms with Gasteiger partial charge in [0, 0.05) is 24.4 Å². The molecule has 11 heteroatoms. The summed E-state index contributed by atoms with van der Waals surface area (Å²) in [5.74, 6) is 0.00560. The number of methoxy groups -OCH3 is 1. The number of thiocarbonyl (C=S) groups is 1. The zero-order valence-corrected chi connectivity index (χ0v) is 19.1. The molecule has 0 aromatic heterocycles. The molecule has 2 aromatic carbocycles. The first-order chi connectivity index (χ1) is 15.8. The van der Waals surface area contributed by atoms with Crippen LogP contribution in [0.1, 0.15) is 5.56 Å². The average molecular weight is 486 g/mol. The molecule has 2 aromatic rings. The molecule has 1 saturated heterocycles. The minimum Gasteiger partial charge on any atom is -0.493 e. The Bertz CT molecular complexity index is 1160. The second kappa shape index (κ2) is 10.7. The number of nitrogens with one attached hydrogen (secondary N) is 1. The minimum absolute atomic E-state index is 0.132. The second-order valence-corrected chi connectivity index (χ2v) is 8.31. The molecule has 1 fully saturated rings. The molecule has 1 N–H and O–H groups in total. The third kappa shape index (κ3) is 5.96. The first kappa shape index (κ1) is 24.0. The molecule has 0 aliphatic carbocycles. The van der Waals surface area contributed by atoms with E-state index >= 15 is 0 Å². The number of ether oxygens (including phenoxy) is 2. The van der Waals surface area contributed by atoms with Gasteiger partial charge in [-0.25, -0.2) is 0 Å². The molecule has 0 saturated carbocycles. The van der Waals surface area contributed by atoms with Gasteiger partial charge in [0.1, 0.15) is 4.32 Å². The van der Waals surface area contributed by atoms with Crippen molar-refractivity contribution >= 4 is 57.6 Å². The van der Waals surface area contributed by atoms with Crippen molar-refractivity contribution < 1.29 is 24.0 Å². The molecule has 1 heterocycles. The van der Waals surface area contributed by atoms with Crippen molar-refractivity contribution in [2.45, 2.75) is 0 Å². The molecule has 0 bridgehead atoms. The summed E-state index contributed by atoms with van der Waals surface area (Å²) in [6.45, 7) is 3.64. The summed E-state index contributed by atoms with van der Waals surface area (Å²) in [6, 6.07) is 10.6. The van der Waals surface area contributed by atoms with Crippen LogP contribution >= 0.6 is 24.0 Å². The van der Waals surface area contributed by atoms with Crippen LogP contribution < -0.4 is 14.8 Å². The lowest BCUT2D eigenvalue weighted by Crippen LogP contribution is -2.27. The highest BCUT2D eigenvalue weighted by molar-refractivity contribution is 8.26. The van der Waals surface area contributed by atoms with E-state index in [1.54, 1.807) is 30.4 Å². The molecule has 0 spiro atoms. The fourth-order valence-electron chi connectivity index (χ4n) is 2.87. The molecule has 2 amide bonds. The topological polar surface area (TPSA) is 111 Å². The van der Waals surface area contributed by atoms with Crippen LogP contribution in [0.3, 0.4) is 0 Å². The normalized spacial score (nSPS) is 14.3. The van der Waals surface area contributed by atoms with Gasteiger partial charge in [0.25, 0.3) is 17.5 Å². The number of benzene rings is 2. The largest absolute Gasteiger partial charge is 0.493 e. The summed E-state index contributed by atoms with van der Waals surface area (Å²) in [5, 5.41) is 13.4. The van der Waals surface area contributed by atoms with Gasteiger partial charge in [0.2, 0.25) is 0 Å². The van der Waals surface area contributed by atoms with Gasteiger partial charge in [-0.2, -0.15) is 0 Å².